The van der Waals surface area contributed by atoms with Gasteiger partial charge in [-0.3, -0.25) is 14.3 Å². The van der Waals surface area contributed by atoms with Crippen LogP contribution in [0.5, 0.6) is 0 Å². The van der Waals surface area contributed by atoms with Gasteiger partial charge in [0.1, 0.15) is 0 Å². The van der Waals surface area contributed by atoms with Crippen LogP contribution >= 0.6 is 0 Å². The van der Waals surface area contributed by atoms with Crippen LogP contribution in [0.2, 0.25) is 0 Å². The van der Waals surface area contributed by atoms with Crippen LogP contribution in [0.1, 0.15) is 65.9 Å². The molecule has 4 fully saturated rings. The number of primary amides is 1. The van der Waals surface area contributed by atoms with Crippen molar-refractivity contribution in [2.45, 2.75) is 50.0 Å². The number of amides is 1. The SMILES string of the molecule is NC(=O)c1noc(C23CC4CC(C2)C(n2c(=O)[nH]c5cnc6c(c52)C=CC6)C(C4)C3)n1. The zero-order valence-corrected chi connectivity index (χ0v) is 16.9. The Bertz CT molecular complexity index is 1330. The number of nitrogens with two attached hydrogens (primary N) is 1. The summed E-state index contributed by atoms with van der Waals surface area (Å²) in [6.45, 7) is 0. The molecule has 3 heterocycles. The first-order valence-corrected chi connectivity index (χ1v) is 10.9. The molecule has 2 unspecified atom stereocenters. The number of carbonyl (C=O) groups is 1. The molecule has 0 aromatic carbocycles. The van der Waals surface area contributed by atoms with Crippen molar-refractivity contribution in [2.75, 3.05) is 0 Å². The first kappa shape index (κ1) is 17.5. The summed E-state index contributed by atoms with van der Waals surface area (Å²) in [4.78, 5) is 36.6. The number of nitrogens with zero attached hydrogens (tertiary/aromatic N) is 4. The Labute approximate surface area is 176 Å². The lowest BCUT2D eigenvalue weighted by molar-refractivity contribution is -0.0600. The lowest BCUT2D eigenvalue weighted by atomic mass is 9.47. The number of allylic oxidation sites excluding steroid dienone is 1. The Balaban J connectivity index is 1.34. The van der Waals surface area contributed by atoms with E-state index in [1.807, 2.05) is 4.57 Å². The van der Waals surface area contributed by atoms with Crippen molar-refractivity contribution in [3.05, 3.63) is 45.7 Å². The van der Waals surface area contributed by atoms with Gasteiger partial charge in [-0.05, 0) is 49.9 Å². The van der Waals surface area contributed by atoms with Crippen LogP contribution in [0, 0.1) is 17.8 Å². The predicted molar refractivity (Wildman–Crippen MR) is 110 cm³/mol. The van der Waals surface area contributed by atoms with E-state index >= 15 is 0 Å². The van der Waals surface area contributed by atoms with Gasteiger partial charge in [0.15, 0.2) is 0 Å². The molecule has 5 aliphatic carbocycles. The smallest absolute Gasteiger partial charge is 0.326 e. The first-order chi connectivity index (χ1) is 15.0. The molecule has 3 aromatic rings. The van der Waals surface area contributed by atoms with Crippen molar-refractivity contribution in [1.82, 2.24) is 24.7 Å². The number of fused-ring (bicyclic) bond motifs is 3. The summed E-state index contributed by atoms with van der Waals surface area (Å²) in [7, 11) is 0. The molecule has 2 atom stereocenters. The number of H-pyrrole nitrogens is 1. The summed E-state index contributed by atoms with van der Waals surface area (Å²) >= 11 is 0. The molecule has 3 aromatic heterocycles. The first-order valence-electron chi connectivity index (χ1n) is 10.9. The van der Waals surface area contributed by atoms with Gasteiger partial charge in [-0.1, -0.05) is 17.3 Å². The lowest BCUT2D eigenvalue weighted by Gasteiger charge is -2.58. The summed E-state index contributed by atoms with van der Waals surface area (Å²) in [5.74, 6) is 1.09. The molecule has 0 radical (unpaired) electrons. The topological polar surface area (TPSA) is 133 Å². The molecule has 1 amide bonds. The number of imidazole rings is 1. The summed E-state index contributed by atoms with van der Waals surface area (Å²) < 4.78 is 7.56. The van der Waals surface area contributed by atoms with Crippen LogP contribution in [-0.4, -0.2) is 30.6 Å². The van der Waals surface area contributed by atoms with Crippen LogP contribution in [-0.2, 0) is 11.8 Å². The summed E-state index contributed by atoms with van der Waals surface area (Å²) in [5.41, 5.74) is 8.98. The maximum absolute atomic E-state index is 13.2. The molecular formula is C22H22N6O3. The normalized spacial score (nSPS) is 32.8. The molecule has 31 heavy (non-hydrogen) atoms. The van der Waals surface area contributed by atoms with E-state index < -0.39 is 5.91 Å². The Morgan fingerprint density at radius 1 is 1.26 bits per heavy atom. The molecule has 3 N–H and O–H groups in total. The van der Waals surface area contributed by atoms with E-state index in [1.54, 1.807) is 6.20 Å². The third kappa shape index (κ3) is 2.23. The van der Waals surface area contributed by atoms with Crippen LogP contribution in [0.15, 0.2) is 21.6 Å². The number of carbonyl (C=O) groups excluding carboxylic acids is 1. The predicted octanol–water partition coefficient (Wildman–Crippen LogP) is 2.09. The molecular weight excluding hydrogens is 396 g/mol. The van der Waals surface area contributed by atoms with Gasteiger partial charge in [0.05, 0.1) is 28.3 Å². The summed E-state index contributed by atoms with van der Waals surface area (Å²) in [5, 5.41) is 3.80. The zero-order chi connectivity index (χ0) is 20.9. The average molecular weight is 418 g/mol. The highest BCUT2D eigenvalue weighted by Gasteiger charge is 2.59. The molecule has 9 heteroatoms. The quantitative estimate of drug-likeness (QED) is 0.669. The number of aromatic amines is 1. The molecule has 0 spiro atoms. The van der Waals surface area contributed by atoms with E-state index in [0.29, 0.717) is 23.6 Å². The highest BCUT2D eigenvalue weighted by Crippen LogP contribution is 2.64. The van der Waals surface area contributed by atoms with Gasteiger partial charge in [0.25, 0.3) is 11.7 Å². The van der Waals surface area contributed by atoms with E-state index in [1.165, 1.54) is 0 Å². The highest BCUT2D eigenvalue weighted by atomic mass is 16.5. The fourth-order valence-corrected chi connectivity index (χ4v) is 7.31. The monoisotopic (exact) mass is 418 g/mol. The Morgan fingerprint density at radius 3 is 2.81 bits per heavy atom. The number of hydrogen-bond donors (Lipinski definition) is 2. The minimum atomic E-state index is -0.668. The van der Waals surface area contributed by atoms with Gasteiger partial charge in [-0.15, -0.1) is 0 Å². The molecule has 8 rings (SSSR count). The fraction of sp³-hybridized carbons (Fsp3) is 0.500. The summed E-state index contributed by atoms with van der Waals surface area (Å²) in [6, 6.07) is 0.143. The van der Waals surface area contributed by atoms with Gasteiger partial charge in [-0.25, -0.2) is 4.79 Å². The van der Waals surface area contributed by atoms with Gasteiger partial charge in [0, 0.05) is 18.0 Å². The van der Waals surface area contributed by atoms with Gasteiger partial charge in [-0.2, -0.15) is 4.98 Å². The van der Waals surface area contributed by atoms with E-state index in [9.17, 15) is 9.59 Å². The standard InChI is InChI=1S/C22H22N6O3/c23-18(29)19-26-20(31-27-19)22-6-10-4-11(7-22)16(12(5-10)8-22)28-17-13-2-1-3-14(13)24-9-15(17)25-21(28)30/h1-2,9-12,16H,3-8H2,(H2,23,29)(H,25,30). The lowest BCUT2D eigenvalue weighted by Crippen LogP contribution is -2.54. The third-order valence-corrected chi connectivity index (χ3v) is 8.09. The van der Waals surface area contributed by atoms with Gasteiger partial charge < -0.3 is 15.2 Å². The highest BCUT2D eigenvalue weighted by molar-refractivity contribution is 5.88. The molecule has 0 aliphatic heterocycles. The zero-order valence-electron chi connectivity index (χ0n) is 16.9. The van der Waals surface area contributed by atoms with Crippen LogP contribution < -0.4 is 11.4 Å². The minimum Gasteiger partial charge on any atom is -0.363 e. The van der Waals surface area contributed by atoms with E-state index in [2.05, 4.69) is 32.3 Å². The molecule has 4 saturated carbocycles. The van der Waals surface area contributed by atoms with E-state index in [0.717, 1.165) is 60.8 Å². The molecule has 158 valence electrons. The Hall–Kier alpha value is -3.23. The molecule has 0 saturated heterocycles. The van der Waals surface area contributed by atoms with Crippen molar-refractivity contribution >= 4 is 23.0 Å². The Kier molecular flexibility index (Phi) is 3.22. The van der Waals surface area contributed by atoms with E-state index in [4.69, 9.17) is 10.3 Å². The van der Waals surface area contributed by atoms with Gasteiger partial charge in [0.2, 0.25) is 5.89 Å². The second kappa shape index (κ2) is 5.72. The second-order valence-electron chi connectivity index (χ2n) is 9.82. The van der Waals surface area contributed by atoms with E-state index in [-0.39, 0.29) is 23.0 Å². The van der Waals surface area contributed by atoms with Crippen molar-refractivity contribution in [3.63, 3.8) is 0 Å². The van der Waals surface area contributed by atoms with Gasteiger partial charge >= 0.3 is 5.69 Å². The third-order valence-electron chi connectivity index (χ3n) is 8.09. The number of pyridine rings is 1. The number of rotatable bonds is 3. The number of aromatic nitrogens is 5. The van der Waals surface area contributed by atoms with Crippen molar-refractivity contribution in [3.8, 4) is 0 Å². The Morgan fingerprint density at radius 2 is 2.06 bits per heavy atom. The number of nitrogens with one attached hydrogen (secondary N) is 1. The largest absolute Gasteiger partial charge is 0.363 e. The average Bonchev–Trinajstić information content (AvgIpc) is 3.45. The second-order valence-corrected chi connectivity index (χ2v) is 9.82. The van der Waals surface area contributed by atoms with Crippen molar-refractivity contribution in [2.24, 2.45) is 23.5 Å². The van der Waals surface area contributed by atoms with Crippen LogP contribution in [0.4, 0.5) is 0 Å². The number of hydrogen-bond acceptors (Lipinski definition) is 6. The summed E-state index contributed by atoms with van der Waals surface area (Å²) in [6.07, 6.45) is 11.8. The molecule has 5 aliphatic rings. The molecule has 9 nitrogen and oxygen atoms in total. The van der Waals surface area contributed by atoms with Crippen LogP contribution in [0.25, 0.3) is 17.1 Å². The van der Waals surface area contributed by atoms with Crippen molar-refractivity contribution < 1.29 is 9.32 Å². The maximum atomic E-state index is 13.2. The molecule has 4 bridgehead atoms. The maximum Gasteiger partial charge on any atom is 0.326 e. The minimum absolute atomic E-state index is 0.0502. The fourth-order valence-electron chi connectivity index (χ4n) is 7.31. The van der Waals surface area contributed by atoms with Crippen LogP contribution in [0.3, 0.4) is 0 Å². The van der Waals surface area contributed by atoms with Crippen molar-refractivity contribution in [1.29, 1.82) is 0 Å².